The Kier molecular flexibility index (Phi) is 3.06. The minimum atomic E-state index is -0.220. The van der Waals surface area contributed by atoms with E-state index in [1.165, 1.54) is 6.07 Å². The lowest BCUT2D eigenvalue weighted by atomic mass is 10.1. The Morgan fingerprint density at radius 3 is 2.75 bits per heavy atom. The van der Waals surface area contributed by atoms with Crippen molar-refractivity contribution in [2.24, 2.45) is 5.73 Å². The van der Waals surface area contributed by atoms with Gasteiger partial charge in [0.2, 0.25) is 0 Å². The van der Waals surface area contributed by atoms with Crippen LogP contribution in [0.2, 0.25) is 5.02 Å². The second-order valence-electron chi connectivity index (χ2n) is 2.67. The van der Waals surface area contributed by atoms with Crippen molar-refractivity contribution in [1.29, 1.82) is 0 Å². The summed E-state index contributed by atoms with van der Waals surface area (Å²) in [5, 5.41) is 0.597. The molecule has 2 N–H and O–H groups in total. The highest BCUT2D eigenvalue weighted by molar-refractivity contribution is 6.31. The van der Waals surface area contributed by atoms with Gasteiger partial charge in [-0.15, -0.1) is 0 Å². The summed E-state index contributed by atoms with van der Waals surface area (Å²) in [5.74, 6) is -0.220. The van der Waals surface area contributed by atoms with E-state index in [2.05, 4.69) is 0 Å². The molecule has 1 nitrogen and oxygen atoms in total. The van der Waals surface area contributed by atoms with Gasteiger partial charge >= 0.3 is 0 Å². The Balaban J connectivity index is 3.14. The van der Waals surface area contributed by atoms with Crippen LogP contribution in [0, 0.1) is 12.7 Å². The van der Waals surface area contributed by atoms with Crippen molar-refractivity contribution < 1.29 is 4.39 Å². The van der Waals surface area contributed by atoms with Gasteiger partial charge < -0.3 is 5.73 Å². The predicted molar refractivity (Wildman–Crippen MR) is 48.9 cm³/mol. The summed E-state index contributed by atoms with van der Waals surface area (Å²) in [4.78, 5) is 0. The van der Waals surface area contributed by atoms with Gasteiger partial charge in [-0.05, 0) is 43.1 Å². The lowest BCUT2D eigenvalue weighted by molar-refractivity contribution is 0.607. The van der Waals surface area contributed by atoms with E-state index in [4.69, 9.17) is 17.3 Å². The van der Waals surface area contributed by atoms with Crippen molar-refractivity contribution in [2.45, 2.75) is 13.3 Å². The first-order valence-corrected chi connectivity index (χ1v) is 4.18. The number of nitrogens with two attached hydrogens (primary N) is 1. The molecule has 66 valence electrons. The van der Waals surface area contributed by atoms with Gasteiger partial charge in [-0.2, -0.15) is 0 Å². The number of hydrogen-bond donors (Lipinski definition) is 1. The maximum absolute atomic E-state index is 13.1. The molecule has 0 radical (unpaired) electrons. The highest BCUT2D eigenvalue weighted by atomic mass is 35.5. The molecule has 0 amide bonds. The zero-order valence-electron chi connectivity index (χ0n) is 6.90. The molecule has 1 rings (SSSR count). The lowest BCUT2D eigenvalue weighted by Crippen LogP contribution is -2.06. The van der Waals surface area contributed by atoms with Gasteiger partial charge in [0.25, 0.3) is 0 Å². The fourth-order valence-corrected chi connectivity index (χ4v) is 1.32. The molecule has 0 unspecified atom stereocenters. The van der Waals surface area contributed by atoms with E-state index in [1.807, 2.05) is 0 Å². The SMILES string of the molecule is Cc1c(Cl)ccc(F)c1CCN. The van der Waals surface area contributed by atoms with E-state index in [0.29, 0.717) is 23.6 Å². The molecular weight excluding hydrogens is 177 g/mol. The second-order valence-corrected chi connectivity index (χ2v) is 3.08. The molecule has 12 heavy (non-hydrogen) atoms. The van der Waals surface area contributed by atoms with Crippen molar-refractivity contribution in [3.63, 3.8) is 0 Å². The number of halogens is 2. The maximum Gasteiger partial charge on any atom is 0.126 e. The lowest BCUT2D eigenvalue weighted by Gasteiger charge is -2.06. The third kappa shape index (κ3) is 1.76. The van der Waals surface area contributed by atoms with Crippen LogP contribution in [-0.2, 0) is 6.42 Å². The van der Waals surface area contributed by atoms with Crippen molar-refractivity contribution >= 4 is 11.6 Å². The smallest absolute Gasteiger partial charge is 0.126 e. The Morgan fingerprint density at radius 2 is 2.17 bits per heavy atom. The van der Waals surface area contributed by atoms with Gasteiger partial charge in [0, 0.05) is 5.02 Å². The summed E-state index contributed by atoms with van der Waals surface area (Å²) in [5.41, 5.74) is 6.76. The third-order valence-corrected chi connectivity index (χ3v) is 2.28. The molecule has 0 atom stereocenters. The van der Waals surface area contributed by atoms with Gasteiger partial charge in [-0.3, -0.25) is 0 Å². The molecule has 0 saturated heterocycles. The van der Waals surface area contributed by atoms with E-state index in [0.717, 1.165) is 5.56 Å². The van der Waals surface area contributed by atoms with E-state index in [-0.39, 0.29) is 5.82 Å². The highest BCUT2D eigenvalue weighted by Gasteiger charge is 2.07. The summed E-state index contributed by atoms with van der Waals surface area (Å²) in [7, 11) is 0. The van der Waals surface area contributed by atoms with Crippen molar-refractivity contribution in [3.05, 3.63) is 34.1 Å². The first-order chi connectivity index (χ1) is 5.66. The van der Waals surface area contributed by atoms with Gasteiger partial charge in [-0.25, -0.2) is 4.39 Å². The topological polar surface area (TPSA) is 26.0 Å². The van der Waals surface area contributed by atoms with E-state index >= 15 is 0 Å². The quantitative estimate of drug-likeness (QED) is 0.756. The van der Waals surface area contributed by atoms with Crippen LogP contribution >= 0.6 is 11.6 Å². The fraction of sp³-hybridized carbons (Fsp3) is 0.333. The molecule has 0 aliphatic heterocycles. The van der Waals surface area contributed by atoms with Crippen LogP contribution in [0.3, 0.4) is 0 Å². The Hall–Kier alpha value is -0.600. The van der Waals surface area contributed by atoms with Gasteiger partial charge in [0.1, 0.15) is 5.82 Å². The predicted octanol–water partition coefficient (Wildman–Crippen LogP) is 2.29. The summed E-state index contributed by atoms with van der Waals surface area (Å²) in [6, 6.07) is 2.94. The molecule has 0 bridgehead atoms. The normalized spacial score (nSPS) is 10.3. The zero-order chi connectivity index (χ0) is 9.14. The van der Waals surface area contributed by atoms with Crippen LogP contribution in [0.1, 0.15) is 11.1 Å². The van der Waals surface area contributed by atoms with E-state index < -0.39 is 0 Å². The van der Waals surface area contributed by atoms with Crippen molar-refractivity contribution in [2.75, 3.05) is 6.54 Å². The molecule has 1 aromatic carbocycles. The van der Waals surface area contributed by atoms with Crippen molar-refractivity contribution in [3.8, 4) is 0 Å². The first kappa shape index (κ1) is 9.49. The maximum atomic E-state index is 13.1. The fourth-order valence-electron chi connectivity index (χ4n) is 1.15. The minimum Gasteiger partial charge on any atom is -0.330 e. The molecule has 0 aromatic heterocycles. The second kappa shape index (κ2) is 3.87. The molecule has 0 spiro atoms. The monoisotopic (exact) mass is 187 g/mol. The highest BCUT2D eigenvalue weighted by Crippen LogP contribution is 2.21. The zero-order valence-corrected chi connectivity index (χ0v) is 7.66. The minimum absolute atomic E-state index is 0.220. The van der Waals surface area contributed by atoms with Crippen LogP contribution in [0.4, 0.5) is 4.39 Å². The Labute approximate surface area is 76.3 Å². The molecule has 0 heterocycles. The standard InChI is InChI=1S/C9H11ClFN/c1-6-7(4-5-12)9(11)3-2-8(6)10/h2-3H,4-5,12H2,1H3. The van der Waals surface area contributed by atoms with Gasteiger partial charge in [-0.1, -0.05) is 11.6 Å². The number of hydrogen-bond acceptors (Lipinski definition) is 1. The average Bonchev–Trinajstić information content (AvgIpc) is 2.06. The summed E-state index contributed by atoms with van der Waals surface area (Å²) in [6.07, 6.45) is 0.540. The van der Waals surface area contributed by atoms with Crippen LogP contribution in [-0.4, -0.2) is 6.54 Å². The molecule has 0 saturated carbocycles. The van der Waals surface area contributed by atoms with Crippen LogP contribution in [0.5, 0.6) is 0 Å². The first-order valence-electron chi connectivity index (χ1n) is 3.80. The van der Waals surface area contributed by atoms with Gasteiger partial charge in [0.15, 0.2) is 0 Å². The summed E-state index contributed by atoms with van der Waals surface area (Å²) >= 11 is 5.81. The molecule has 1 aromatic rings. The van der Waals surface area contributed by atoms with E-state index in [1.54, 1.807) is 13.0 Å². The van der Waals surface area contributed by atoms with E-state index in [9.17, 15) is 4.39 Å². The van der Waals surface area contributed by atoms with Crippen LogP contribution in [0.15, 0.2) is 12.1 Å². The van der Waals surface area contributed by atoms with Crippen LogP contribution < -0.4 is 5.73 Å². The number of benzene rings is 1. The molecular formula is C9H11ClFN. The summed E-state index contributed by atoms with van der Waals surface area (Å²) in [6.45, 7) is 2.24. The van der Waals surface area contributed by atoms with Gasteiger partial charge in [0.05, 0.1) is 0 Å². The molecule has 0 aliphatic rings. The summed E-state index contributed by atoms with van der Waals surface area (Å²) < 4.78 is 13.1. The average molecular weight is 188 g/mol. The van der Waals surface area contributed by atoms with Crippen molar-refractivity contribution in [1.82, 2.24) is 0 Å². The largest absolute Gasteiger partial charge is 0.330 e. The molecule has 3 heteroatoms. The number of rotatable bonds is 2. The molecule has 0 aliphatic carbocycles. The Bertz CT molecular complexity index is 286. The molecule has 0 fully saturated rings. The Morgan fingerprint density at radius 1 is 1.50 bits per heavy atom. The van der Waals surface area contributed by atoms with Crippen LogP contribution in [0.25, 0.3) is 0 Å². The third-order valence-electron chi connectivity index (χ3n) is 1.87.